The Morgan fingerprint density at radius 2 is 2.00 bits per heavy atom. The van der Waals surface area contributed by atoms with Gasteiger partial charge in [-0.05, 0) is 50.2 Å². The van der Waals surface area contributed by atoms with Gasteiger partial charge in [-0.1, -0.05) is 0 Å². The second kappa shape index (κ2) is 7.53. The van der Waals surface area contributed by atoms with E-state index in [1.165, 1.54) is 18.9 Å². The summed E-state index contributed by atoms with van der Waals surface area (Å²) in [6.07, 6.45) is 2.48. The summed E-state index contributed by atoms with van der Waals surface area (Å²) in [5.74, 6) is 1.51. The Morgan fingerprint density at radius 1 is 1.21 bits per heavy atom. The van der Waals surface area contributed by atoms with Crippen molar-refractivity contribution >= 4 is 29.0 Å². The van der Waals surface area contributed by atoms with Crippen molar-refractivity contribution in [3.05, 3.63) is 40.4 Å². The highest BCUT2D eigenvalue weighted by atomic mass is 35.5. The minimum Gasteiger partial charge on any atom is -0.497 e. The van der Waals surface area contributed by atoms with Crippen LogP contribution in [0.4, 0.5) is 5.69 Å². The lowest BCUT2D eigenvalue weighted by Crippen LogP contribution is -2.24. The third-order valence-electron chi connectivity index (χ3n) is 5.53. The number of rotatable bonds is 5. The van der Waals surface area contributed by atoms with Crippen LogP contribution in [0.15, 0.2) is 30.3 Å². The van der Waals surface area contributed by atoms with Gasteiger partial charge in [0, 0.05) is 18.2 Å². The highest BCUT2D eigenvalue weighted by molar-refractivity contribution is 6.03. The van der Waals surface area contributed by atoms with Crippen LogP contribution < -0.4 is 9.47 Å². The number of ether oxygens (including phenoxy) is 2. The molecule has 0 saturated carbocycles. The molecule has 0 bridgehead atoms. The van der Waals surface area contributed by atoms with Crippen molar-refractivity contribution in [2.75, 3.05) is 26.7 Å². The number of hydrogen-bond acceptors (Lipinski definition) is 6. The molecule has 2 aliphatic rings. The number of halogens is 1. The van der Waals surface area contributed by atoms with Crippen molar-refractivity contribution in [1.82, 2.24) is 14.7 Å². The number of benzene rings is 2. The van der Waals surface area contributed by atoms with Crippen LogP contribution in [0.1, 0.15) is 12.8 Å². The van der Waals surface area contributed by atoms with Crippen LogP contribution in [0.2, 0.25) is 0 Å². The molecular weight excluding hydrogens is 396 g/mol. The molecule has 0 radical (unpaired) electrons. The first-order valence-electron chi connectivity index (χ1n) is 9.42. The summed E-state index contributed by atoms with van der Waals surface area (Å²) in [4.78, 5) is 13.6. The molecule has 5 rings (SSSR count). The first-order valence-corrected chi connectivity index (χ1v) is 9.42. The largest absolute Gasteiger partial charge is 0.497 e. The molecule has 3 aromatic rings. The van der Waals surface area contributed by atoms with Gasteiger partial charge in [0.05, 0.1) is 29.5 Å². The van der Waals surface area contributed by atoms with E-state index in [4.69, 9.17) is 14.6 Å². The summed E-state index contributed by atoms with van der Waals surface area (Å²) >= 11 is 0. The Hall–Kier alpha value is -2.84. The van der Waals surface area contributed by atoms with Crippen molar-refractivity contribution in [3.8, 4) is 28.5 Å². The molecule has 0 N–H and O–H groups in total. The number of methoxy groups -OCH3 is 1. The smallest absolute Gasteiger partial charge is 0.312 e. The summed E-state index contributed by atoms with van der Waals surface area (Å²) in [5.41, 5.74) is 2.30. The predicted molar refractivity (Wildman–Crippen MR) is 111 cm³/mol. The molecule has 0 aliphatic carbocycles. The quantitative estimate of drug-likeness (QED) is 0.357. The second-order valence-corrected chi connectivity index (χ2v) is 7.15. The van der Waals surface area contributed by atoms with Crippen LogP contribution in [0.25, 0.3) is 22.2 Å². The highest BCUT2D eigenvalue weighted by Crippen LogP contribution is 2.50. The van der Waals surface area contributed by atoms with E-state index in [9.17, 15) is 10.1 Å². The van der Waals surface area contributed by atoms with E-state index < -0.39 is 4.92 Å². The minimum atomic E-state index is -0.408. The van der Waals surface area contributed by atoms with Gasteiger partial charge in [0.15, 0.2) is 0 Å². The molecule has 1 aromatic heterocycles. The Bertz CT molecular complexity index is 1090. The molecule has 1 fully saturated rings. The van der Waals surface area contributed by atoms with Gasteiger partial charge in [-0.25, -0.2) is 0 Å². The van der Waals surface area contributed by atoms with Gasteiger partial charge in [0.1, 0.15) is 17.2 Å². The van der Waals surface area contributed by atoms with Crippen LogP contribution in [-0.4, -0.2) is 46.3 Å². The van der Waals surface area contributed by atoms with Crippen molar-refractivity contribution in [2.45, 2.75) is 19.4 Å². The summed E-state index contributed by atoms with van der Waals surface area (Å²) in [5, 5.41) is 17.1. The summed E-state index contributed by atoms with van der Waals surface area (Å²) < 4.78 is 13.3. The standard InChI is InChI=1S/C20H20N4O4.ClH/c1-27-13-4-7-17-14(12-13)19-18-15(5-6-16(24(25)26)20(18)28-17)23(21-19)11-10-22-8-2-3-9-22;/h4-7,12H,2-3,8-11H2,1H3;1H. The molecule has 1 saturated heterocycles. The van der Waals surface area contributed by atoms with Crippen molar-refractivity contribution in [3.63, 3.8) is 0 Å². The minimum absolute atomic E-state index is 0. The maximum absolute atomic E-state index is 11.6. The van der Waals surface area contributed by atoms with Crippen molar-refractivity contribution in [2.24, 2.45) is 0 Å². The van der Waals surface area contributed by atoms with E-state index in [1.54, 1.807) is 25.3 Å². The SMILES string of the molecule is COc1ccc2c(c1)-c1nn(CCN3CCCC3)c3ccc([N+](=O)[O-])c(c13)O2.Cl. The Balaban J connectivity index is 0.00000205. The molecule has 0 atom stereocenters. The fourth-order valence-corrected chi connectivity index (χ4v) is 4.10. The second-order valence-electron chi connectivity index (χ2n) is 7.15. The van der Waals surface area contributed by atoms with Gasteiger partial charge in [-0.15, -0.1) is 12.4 Å². The van der Waals surface area contributed by atoms with Crippen molar-refractivity contribution < 1.29 is 14.4 Å². The molecule has 0 spiro atoms. The van der Waals surface area contributed by atoms with Gasteiger partial charge >= 0.3 is 5.69 Å². The first-order chi connectivity index (χ1) is 13.7. The highest BCUT2D eigenvalue weighted by Gasteiger charge is 2.31. The lowest BCUT2D eigenvalue weighted by Gasteiger charge is -2.17. The van der Waals surface area contributed by atoms with E-state index in [0.29, 0.717) is 22.6 Å². The number of hydrogen-bond donors (Lipinski definition) is 0. The van der Waals surface area contributed by atoms with Crippen LogP contribution in [0.5, 0.6) is 17.2 Å². The third kappa shape index (κ3) is 3.18. The number of nitro benzene ring substituents is 1. The van der Waals surface area contributed by atoms with Gasteiger partial charge in [-0.2, -0.15) is 5.10 Å². The Labute approximate surface area is 173 Å². The molecule has 3 heterocycles. The number of fused-ring (bicyclic) bond motifs is 2. The fraction of sp³-hybridized carbons (Fsp3) is 0.350. The maximum Gasteiger partial charge on any atom is 0.312 e. The number of likely N-dealkylation sites (tertiary alicyclic amines) is 1. The summed E-state index contributed by atoms with van der Waals surface area (Å²) in [6, 6.07) is 8.68. The van der Waals surface area contributed by atoms with Gasteiger partial charge < -0.3 is 14.4 Å². The van der Waals surface area contributed by atoms with E-state index in [-0.39, 0.29) is 23.8 Å². The molecule has 152 valence electrons. The van der Waals surface area contributed by atoms with Crippen LogP contribution in [0, 0.1) is 10.1 Å². The lowest BCUT2D eigenvalue weighted by molar-refractivity contribution is -0.385. The fourth-order valence-electron chi connectivity index (χ4n) is 4.10. The van der Waals surface area contributed by atoms with Gasteiger partial charge in [0.25, 0.3) is 0 Å². The van der Waals surface area contributed by atoms with E-state index in [0.717, 1.165) is 37.3 Å². The molecule has 9 heteroatoms. The predicted octanol–water partition coefficient (Wildman–Crippen LogP) is 4.24. The average molecular weight is 417 g/mol. The van der Waals surface area contributed by atoms with E-state index in [1.807, 2.05) is 10.7 Å². The zero-order chi connectivity index (χ0) is 19.3. The van der Waals surface area contributed by atoms with Gasteiger partial charge in [0.2, 0.25) is 5.75 Å². The van der Waals surface area contributed by atoms with Crippen LogP contribution in [0.3, 0.4) is 0 Å². The molecule has 0 unspecified atom stereocenters. The average Bonchev–Trinajstić information content (AvgIpc) is 3.35. The number of nitrogens with zero attached hydrogens (tertiary/aromatic N) is 4. The number of aromatic nitrogens is 2. The van der Waals surface area contributed by atoms with Gasteiger partial charge in [-0.3, -0.25) is 14.8 Å². The summed E-state index contributed by atoms with van der Waals surface area (Å²) in [7, 11) is 1.61. The Morgan fingerprint density at radius 3 is 2.72 bits per heavy atom. The third-order valence-corrected chi connectivity index (χ3v) is 5.53. The lowest BCUT2D eigenvalue weighted by atomic mass is 10.0. The molecular formula is C20H21ClN4O4. The van der Waals surface area contributed by atoms with Crippen molar-refractivity contribution in [1.29, 1.82) is 0 Å². The molecule has 29 heavy (non-hydrogen) atoms. The molecule has 0 amide bonds. The van der Waals surface area contributed by atoms with Crippen LogP contribution in [-0.2, 0) is 6.54 Å². The maximum atomic E-state index is 11.6. The number of nitro groups is 1. The first kappa shape index (κ1) is 19.5. The van der Waals surface area contributed by atoms with E-state index >= 15 is 0 Å². The monoisotopic (exact) mass is 416 g/mol. The Kier molecular flexibility index (Phi) is 5.06. The molecule has 2 aromatic carbocycles. The summed E-state index contributed by atoms with van der Waals surface area (Å²) in [6.45, 7) is 3.87. The zero-order valence-electron chi connectivity index (χ0n) is 16.0. The topological polar surface area (TPSA) is 82.7 Å². The normalized spacial score (nSPS) is 14.9. The van der Waals surface area contributed by atoms with E-state index in [2.05, 4.69) is 4.90 Å². The molecule has 2 aliphatic heterocycles. The van der Waals surface area contributed by atoms with Crippen LogP contribution >= 0.6 is 12.4 Å². The zero-order valence-corrected chi connectivity index (χ0v) is 16.8. The molecule has 8 nitrogen and oxygen atoms in total.